The van der Waals surface area contributed by atoms with E-state index in [9.17, 15) is 0 Å². The zero-order valence-electron chi connectivity index (χ0n) is 9.47. The van der Waals surface area contributed by atoms with Gasteiger partial charge < -0.3 is 14.8 Å². The van der Waals surface area contributed by atoms with Gasteiger partial charge in [-0.2, -0.15) is 0 Å². The number of nitrogens with one attached hydrogen (secondary N) is 1. The third-order valence-electron chi connectivity index (χ3n) is 3.16. The van der Waals surface area contributed by atoms with Gasteiger partial charge in [-0.05, 0) is 24.7 Å². The smallest absolute Gasteiger partial charge is 0.0487 e. The molecule has 0 amide bonds. The second kappa shape index (κ2) is 6.38. The highest BCUT2D eigenvalue weighted by Gasteiger charge is 2.34. The largest absolute Gasteiger partial charge is 0.385 e. The van der Waals surface area contributed by atoms with Crippen LogP contribution in [0.1, 0.15) is 26.2 Å². The van der Waals surface area contributed by atoms with E-state index in [1.54, 1.807) is 7.11 Å². The van der Waals surface area contributed by atoms with Crippen LogP contribution in [0.4, 0.5) is 0 Å². The first-order valence-electron chi connectivity index (χ1n) is 5.60. The Bertz CT molecular complexity index is 141. The van der Waals surface area contributed by atoms with E-state index in [0.717, 1.165) is 26.2 Å². The molecule has 0 bridgehead atoms. The van der Waals surface area contributed by atoms with Gasteiger partial charge in [0.25, 0.3) is 0 Å². The van der Waals surface area contributed by atoms with Gasteiger partial charge in [0, 0.05) is 40.0 Å². The van der Waals surface area contributed by atoms with Crippen LogP contribution in [0.2, 0.25) is 0 Å². The highest BCUT2D eigenvalue weighted by molar-refractivity contribution is 4.90. The van der Waals surface area contributed by atoms with E-state index in [1.807, 2.05) is 0 Å². The molecule has 0 unspecified atom stereocenters. The molecule has 14 heavy (non-hydrogen) atoms. The van der Waals surface area contributed by atoms with Crippen molar-refractivity contribution in [1.82, 2.24) is 5.32 Å². The summed E-state index contributed by atoms with van der Waals surface area (Å²) in [6, 6.07) is 0. The van der Waals surface area contributed by atoms with Gasteiger partial charge in [-0.1, -0.05) is 6.92 Å². The molecule has 0 atom stereocenters. The lowest BCUT2D eigenvalue weighted by Gasteiger charge is -2.42. The predicted molar refractivity (Wildman–Crippen MR) is 57.5 cm³/mol. The fourth-order valence-corrected chi connectivity index (χ4v) is 1.78. The van der Waals surface area contributed by atoms with Crippen LogP contribution in [0.15, 0.2) is 0 Å². The Kier molecular flexibility index (Phi) is 5.45. The van der Waals surface area contributed by atoms with Gasteiger partial charge >= 0.3 is 0 Å². The minimum atomic E-state index is 0.543. The van der Waals surface area contributed by atoms with Crippen molar-refractivity contribution in [3.05, 3.63) is 0 Å². The fraction of sp³-hybridized carbons (Fsp3) is 1.00. The summed E-state index contributed by atoms with van der Waals surface area (Å²) in [5.41, 5.74) is 0.543. The number of methoxy groups -OCH3 is 1. The molecule has 3 heteroatoms. The van der Waals surface area contributed by atoms with E-state index in [1.165, 1.54) is 25.9 Å². The van der Waals surface area contributed by atoms with Crippen LogP contribution in [-0.2, 0) is 9.47 Å². The average molecular weight is 201 g/mol. The maximum atomic E-state index is 5.56. The van der Waals surface area contributed by atoms with Gasteiger partial charge in [-0.15, -0.1) is 0 Å². The van der Waals surface area contributed by atoms with E-state index in [-0.39, 0.29) is 0 Å². The highest BCUT2D eigenvalue weighted by atomic mass is 16.5. The van der Waals surface area contributed by atoms with Gasteiger partial charge in [-0.3, -0.25) is 0 Å². The predicted octanol–water partition coefficient (Wildman–Crippen LogP) is 1.43. The maximum Gasteiger partial charge on any atom is 0.0487 e. The van der Waals surface area contributed by atoms with Crippen molar-refractivity contribution in [2.75, 3.05) is 40.0 Å². The monoisotopic (exact) mass is 201 g/mol. The van der Waals surface area contributed by atoms with Crippen LogP contribution >= 0.6 is 0 Å². The third kappa shape index (κ3) is 3.56. The van der Waals surface area contributed by atoms with Crippen LogP contribution in [0, 0.1) is 5.41 Å². The molecular weight excluding hydrogens is 178 g/mol. The zero-order valence-corrected chi connectivity index (χ0v) is 9.47. The summed E-state index contributed by atoms with van der Waals surface area (Å²) in [4.78, 5) is 0. The molecule has 1 saturated heterocycles. The van der Waals surface area contributed by atoms with Crippen molar-refractivity contribution < 1.29 is 9.47 Å². The van der Waals surface area contributed by atoms with E-state index in [2.05, 4.69) is 12.2 Å². The standard InChI is InChI=1S/C11H23NO2/c1-3-11(9-12-10-11)5-8-14-7-4-6-13-2/h12H,3-10H2,1-2H3. The van der Waals surface area contributed by atoms with E-state index >= 15 is 0 Å². The number of hydrogen-bond donors (Lipinski definition) is 1. The molecule has 1 aliphatic heterocycles. The van der Waals surface area contributed by atoms with E-state index < -0.39 is 0 Å². The summed E-state index contributed by atoms with van der Waals surface area (Å²) >= 11 is 0. The SMILES string of the molecule is CCC1(CCOCCCOC)CNC1. The molecule has 1 rings (SSSR count). The van der Waals surface area contributed by atoms with Crippen molar-refractivity contribution >= 4 is 0 Å². The third-order valence-corrected chi connectivity index (χ3v) is 3.16. The van der Waals surface area contributed by atoms with Gasteiger partial charge in [0.2, 0.25) is 0 Å². The van der Waals surface area contributed by atoms with Crippen LogP contribution in [0.25, 0.3) is 0 Å². The Morgan fingerprint density at radius 3 is 2.50 bits per heavy atom. The minimum absolute atomic E-state index is 0.543. The zero-order chi connectivity index (χ0) is 10.3. The van der Waals surface area contributed by atoms with Crippen molar-refractivity contribution in [2.24, 2.45) is 5.41 Å². The highest BCUT2D eigenvalue weighted by Crippen LogP contribution is 2.30. The van der Waals surface area contributed by atoms with Crippen molar-refractivity contribution in [3.8, 4) is 0 Å². The van der Waals surface area contributed by atoms with Crippen LogP contribution in [-0.4, -0.2) is 40.0 Å². The lowest BCUT2D eigenvalue weighted by Crippen LogP contribution is -2.53. The molecule has 0 spiro atoms. The van der Waals surface area contributed by atoms with E-state index in [4.69, 9.17) is 9.47 Å². The summed E-state index contributed by atoms with van der Waals surface area (Å²) < 4.78 is 10.5. The van der Waals surface area contributed by atoms with Gasteiger partial charge in [-0.25, -0.2) is 0 Å². The number of rotatable bonds is 8. The minimum Gasteiger partial charge on any atom is -0.385 e. The van der Waals surface area contributed by atoms with Crippen LogP contribution in [0.3, 0.4) is 0 Å². The molecule has 84 valence electrons. The molecule has 0 aromatic rings. The lowest BCUT2D eigenvalue weighted by atomic mass is 9.76. The van der Waals surface area contributed by atoms with Gasteiger partial charge in [0.1, 0.15) is 0 Å². The molecule has 0 radical (unpaired) electrons. The lowest BCUT2D eigenvalue weighted by molar-refractivity contribution is 0.0533. The summed E-state index contributed by atoms with van der Waals surface area (Å²) in [6.07, 6.45) is 3.47. The average Bonchev–Trinajstić information content (AvgIpc) is 2.15. The van der Waals surface area contributed by atoms with Gasteiger partial charge in [0.05, 0.1) is 0 Å². The van der Waals surface area contributed by atoms with Crippen molar-refractivity contribution in [3.63, 3.8) is 0 Å². The number of hydrogen-bond acceptors (Lipinski definition) is 3. The van der Waals surface area contributed by atoms with Crippen LogP contribution in [0.5, 0.6) is 0 Å². The first-order valence-corrected chi connectivity index (χ1v) is 5.60. The van der Waals surface area contributed by atoms with Crippen molar-refractivity contribution in [2.45, 2.75) is 26.2 Å². The Morgan fingerprint density at radius 2 is 2.00 bits per heavy atom. The Hall–Kier alpha value is -0.120. The molecule has 1 fully saturated rings. The van der Waals surface area contributed by atoms with Gasteiger partial charge in [0.15, 0.2) is 0 Å². The fourth-order valence-electron chi connectivity index (χ4n) is 1.78. The topological polar surface area (TPSA) is 30.5 Å². The summed E-state index contributed by atoms with van der Waals surface area (Å²) in [7, 11) is 1.73. The van der Waals surface area contributed by atoms with Crippen LogP contribution < -0.4 is 5.32 Å². The quantitative estimate of drug-likeness (QED) is 0.603. The van der Waals surface area contributed by atoms with Crippen molar-refractivity contribution in [1.29, 1.82) is 0 Å². The maximum absolute atomic E-state index is 5.56. The molecule has 0 saturated carbocycles. The number of ether oxygens (including phenoxy) is 2. The Balaban J connectivity index is 1.92. The molecule has 1 aliphatic rings. The molecular formula is C11H23NO2. The summed E-state index contributed by atoms with van der Waals surface area (Å²) in [5.74, 6) is 0. The first kappa shape index (κ1) is 12.0. The molecule has 0 aromatic heterocycles. The van der Waals surface area contributed by atoms with E-state index in [0.29, 0.717) is 5.41 Å². The Labute approximate surface area is 87.2 Å². The summed E-state index contributed by atoms with van der Waals surface area (Å²) in [6.45, 7) is 7.16. The second-order valence-corrected chi connectivity index (χ2v) is 4.17. The molecule has 1 heterocycles. The second-order valence-electron chi connectivity index (χ2n) is 4.17. The molecule has 0 aliphatic carbocycles. The molecule has 0 aromatic carbocycles. The first-order chi connectivity index (χ1) is 6.83. The molecule has 1 N–H and O–H groups in total. The summed E-state index contributed by atoms with van der Waals surface area (Å²) in [5, 5.41) is 3.34. The molecule has 3 nitrogen and oxygen atoms in total. The Morgan fingerprint density at radius 1 is 1.21 bits per heavy atom. The normalized spacial score (nSPS) is 19.3.